The number of aromatic nitrogens is 2. The van der Waals surface area contributed by atoms with E-state index >= 15 is 0 Å². The average Bonchev–Trinajstić information content (AvgIpc) is 2.79. The fraction of sp³-hybridized carbons (Fsp3) is 0.667. The van der Waals surface area contributed by atoms with Crippen LogP contribution in [0.25, 0.3) is 0 Å². The zero-order chi connectivity index (χ0) is 16.5. The normalized spacial score (nSPS) is 19.3. The van der Waals surface area contributed by atoms with Crippen LogP contribution in [0.3, 0.4) is 0 Å². The topological polar surface area (TPSA) is 84.7 Å². The number of morpholine rings is 1. The van der Waals surface area contributed by atoms with Crippen molar-refractivity contribution in [2.45, 2.75) is 45.8 Å². The summed E-state index contributed by atoms with van der Waals surface area (Å²) in [4.78, 5) is 25.1. The highest BCUT2D eigenvalue weighted by Crippen LogP contribution is 2.20. The molecule has 1 aliphatic rings. The van der Waals surface area contributed by atoms with E-state index in [1.807, 2.05) is 32.4 Å². The van der Waals surface area contributed by atoms with E-state index in [-0.39, 0.29) is 17.9 Å². The molecule has 1 saturated heterocycles. The van der Waals surface area contributed by atoms with Gasteiger partial charge in [0, 0.05) is 18.8 Å². The highest BCUT2D eigenvalue weighted by molar-refractivity contribution is 5.95. The molecule has 1 fully saturated rings. The van der Waals surface area contributed by atoms with Gasteiger partial charge in [-0.25, -0.2) is 0 Å². The lowest BCUT2D eigenvalue weighted by molar-refractivity contribution is -0.141. The number of carbonyl (C=O) groups is 2. The molecule has 7 nitrogen and oxygen atoms in total. The molecule has 1 atom stereocenters. The molecule has 2 heterocycles. The van der Waals surface area contributed by atoms with Gasteiger partial charge in [-0.05, 0) is 27.7 Å². The third-order valence-electron chi connectivity index (χ3n) is 3.70. The standard InChI is InChI=1S/C15H23N3O4/c1-10-12(8-16-18(10)15(2,3)4)14(21)17-5-6-22-11(9-17)7-13(19)20/h8,11H,5-7,9H2,1-4H3,(H,19,20). The second-order valence-corrected chi connectivity index (χ2v) is 6.57. The van der Waals surface area contributed by atoms with Crippen LogP contribution in [-0.4, -0.2) is 57.5 Å². The smallest absolute Gasteiger partial charge is 0.306 e. The Morgan fingerprint density at radius 2 is 2.14 bits per heavy atom. The summed E-state index contributed by atoms with van der Waals surface area (Å²) in [5, 5.41) is 13.2. The predicted molar refractivity (Wildman–Crippen MR) is 79.9 cm³/mol. The highest BCUT2D eigenvalue weighted by Gasteiger charge is 2.29. The van der Waals surface area contributed by atoms with E-state index < -0.39 is 12.1 Å². The van der Waals surface area contributed by atoms with Gasteiger partial charge < -0.3 is 14.7 Å². The molecule has 22 heavy (non-hydrogen) atoms. The minimum Gasteiger partial charge on any atom is -0.481 e. The first-order valence-electron chi connectivity index (χ1n) is 7.38. The molecule has 0 aliphatic carbocycles. The van der Waals surface area contributed by atoms with Gasteiger partial charge in [-0.1, -0.05) is 0 Å². The first-order valence-corrected chi connectivity index (χ1v) is 7.38. The molecule has 1 unspecified atom stereocenters. The van der Waals surface area contributed by atoms with Gasteiger partial charge in [-0.3, -0.25) is 14.3 Å². The van der Waals surface area contributed by atoms with Crippen LogP contribution in [0, 0.1) is 6.92 Å². The van der Waals surface area contributed by atoms with Crippen molar-refractivity contribution in [3.05, 3.63) is 17.5 Å². The van der Waals surface area contributed by atoms with Crippen molar-refractivity contribution < 1.29 is 19.4 Å². The number of carbonyl (C=O) groups excluding carboxylic acids is 1. The second kappa shape index (κ2) is 6.08. The third-order valence-corrected chi connectivity index (χ3v) is 3.70. The number of carboxylic acid groups (broad SMARTS) is 1. The minimum absolute atomic E-state index is 0.0932. The van der Waals surface area contributed by atoms with Crippen LogP contribution in [0.15, 0.2) is 6.20 Å². The number of amides is 1. The van der Waals surface area contributed by atoms with E-state index in [4.69, 9.17) is 9.84 Å². The monoisotopic (exact) mass is 309 g/mol. The van der Waals surface area contributed by atoms with E-state index in [9.17, 15) is 9.59 Å². The van der Waals surface area contributed by atoms with Gasteiger partial charge in [0.25, 0.3) is 5.91 Å². The van der Waals surface area contributed by atoms with E-state index in [0.29, 0.717) is 25.3 Å². The summed E-state index contributed by atoms with van der Waals surface area (Å²) in [6.07, 6.45) is 1.04. The van der Waals surface area contributed by atoms with Crippen LogP contribution in [0.2, 0.25) is 0 Å². The molecule has 122 valence electrons. The SMILES string of the molecule is Cc1c(C(=O)N2CCOC(CC(=O)O)C2)cnn1C(C)(C)C. The summed E-state index contributed by atoms with van der Waals surface area (Å²) in [5.41, 5.74) is 1.18. The van der Waals surface area contributed by atoms with Crippen molar-refractivity contribution in [3.8, 4) is 0 Å². The van der Waals surface area contributed by atoms with Gasteiger partial charge in [-0.15, -0.1) is 0 Å². The fourth-order valence-corrected chi connectivity index (χ4v) is 2.69. The number of carboxylic acids is 1. The van der Waals surface area contributed by atoms with Crippen molar-refractivity contribution in [3.63, 3.8) is 0 Å². The Hall–Kier alpha value is -1.89. The summed E-state index contributed by atoms with van der Waals surface area (Å²) >= 11 is 0. The van der Waals surface area contributed by atoms with Crippen LogP contribution in [0.4, 0.5) is 0 Å². The van der Waals surface area contributed by atoms with Crippen LogP contribution in [-0.2, 0) is 15.1 Å². The molecule has 1 aliphatic heterocycles. The summed E-state index contributed by atoms with van der Waals surface area (Å²) in [5.74, 6) is -1.04. The van der Waals surface area contributed by atoms with Gasteiger partial charge in [-0.2, -0.15) is 5.10 Å². The minimum atomic E-state index is -0.920. The first-order chi connectivity index (χ1) is 10.2. The largest absolute Gasteiger partial charge is 0.481 e. The quantitative estimate of drug-likeness (QED) is 0.908. The lowest BCUT2D eigenvalue weighted by Gasteiger charge is -2.32. The summed E-state index contributed by atoms with van der Waals surface area (Å²) in [6.45, 7) is 9.08. The number of nitrogens with zero attached hydrogens (tertiary/aromatic N) is 3. The van der Waals surface area contributed by atoms with Crippen LogP contribution in [0.1, 0.15) is 43.2 Å². The zero-order valence-electron chi connectivity index (χ0n) is 13.5. The Bertz CT molecular complexity index is 574. The highest BCUT2D eigenvalue weighted by atomic mass is 16.5. The van der Waals surface area contributed by atoms with Crippen molar-refractivity contribution in [1.82, 2.24) is 14.7 Å². The van der Waals surface area contributed by atoms with Gasteiger partial charge in [0.05, 0.1) is 36.4 Å². The molecule has 7 heteroatoms. The molecule has 0 bridgehead atoms. The molecule has 0 spiro atoms. The second-order valence-electron chi connectivity index (χ2n) is 6.57. The summed E-state index contributed by atoms with van der Waals surface area (Å²) in [7, 11) is 0. The Balaban J connectivity index is 2.15. The van der Waals surface area contributed by atoms with Crippen LogP contribution < -0.4 is 0 Å². The van der Waals surface area contributed by atoms with E-state index in [1.165, 1.54) is 0 Å². The van der Waals surface area contributed by atoms with Crippen LogP contribution in [0.5, 0.6) is 0 Å². The summed E-state index contributed by atoms with van der Waals surface area (Å²) < 4.78 is 7.23. The molecule has 0 aromatic carbocycles. The first kappa shape index (κ1) is 16.5. The number of aliphatic carboxylic acids is 1. The number of hydrogen-bond donors (Lipinski definition) is 1. The maximum absolute atomic E-state index is 12.7. The Labute approximate surface area is 129 Å². The maximum atomic E-state index is 12.7. The molecular weight excluding hydrogens is 286 g/mol. The molecule has 0 radical (unpaired) electrons. The molecule has 1 amide bonds. The molecule has 1 aromatic heterocycles. The number of hydrogen-bond acceptors (Lipinski definition) is 4. The predicted octanol–water partition coefficient (Wildman–Crippen LogP) is 1.26. The maximum Gasteiger partial charge on any atom is 0.306 e. The summed E-state index contributed by atoms with van der Waals surface area (Å²) in [6, 6.07) is 0. The third kappa shape index (κ3) is 3.47. The molecule has 1 N–H and O–H groups in total. The Morgan fingerprint density at radius 3 is 2.68 bits per heavy atom. The lowest BCUT2D eigenvalue weighted by atomic mass is 10.1. The fourth-order valence-electron chi connectivity index (χ4n) is 2.69. The van der Waals surface area contributed by atoms with E-state index in [2.05, 4.69) is 5.10 Å². The number of rotatable bonds is 3. The Morgan fingerprint density at radius 1 is 1.45 bits per heavy atom. The van der Waals surface area contributed by atoms with Crippen LogP contribution >= 0.6 is 0 Å². The average molecular weight is 309 g/mol. The number of ether oxygens (including phenoxy) is 1. The lowest BCUT2D eigenvalue weighted by Crippen LogP contribution is -2.46. The van der Waals surface area contributed by atoms with Crippen molar-refractivity contribution in [1.29, 1.82) is 0 Å². The molecule has 2 rings (SSSR count). The van der Waals surface area contributed by atoms with Gasteiger partial charge in [0.1, 0.15) is 0 Å². The zero-order valence-corrected chi connectivity index (χ0v) is 13.5. The van der Waals surface area contributed by atoms with E-state index in [0.717, 1.165) is 5.69 Å². The molecule has 0 saturated carbocycles. The van der Waals surface area contributed by atoms with Crippen molar-refractivity contribution in [2.24, 2.45) is 0 Å². The van der Waals surface area contributed by atoms with Gasteiger partial charge in [0.15, 0.2) is 0 Å². The molecular formula is C15H23N3O4. The van der Waals surface area contributed by atoms with Gasteiger partial charge >= 0.3 is 5.97 Å². The Kier molecular flexibility index (Phi) is 4.55. The van der Waals surface area contributed by atoms with Crippen molar-refractivity contribution in [2.75, 3.05) is 19.7 Å². The van der Waals surface area contributed by atoms with Crippen molar-refractivity contribution >= 4 is 11.9 Å². The van der Waals surface area contributed by atoms with Gasteiger partial charge in [0.2, 0.25) is 0 Å². The molecule has 1 aromatic rings. The van der Waals surface area contributed by atoms with E-state index in [1.54, 1.807) is 11.1 Å².